The van der Waals surface area contributed by atoms with E-state index in [1.54, 1.807) is 0 Å². The lowest BCUT2D eigenvalue weighted by atomic mass is 9.98. The highest BCUT2D eigenvalue weighted by atomic mass is 79.9. The average Bonchev–Trinajstić information content (AvgIpc) is 2.37. The van der Waals surface area contributed by atoms with Crippen molar-refractivity contribution in [3.05, 3.63) is 33.8 Å². The van der Waals surface area contributed by atoms with Crippen molar-refractivity contribution in [1.82, 2.24) is 4.90 Å². The number of carbonyl (C=O) groups excluding carboxylic acids is 1. The first-order valence-corrected chi connectivity index (χ1v) is 6.87. The molecule has 0 radical (unpaired) electrons. The van der Waals surface area contributed by atoms with Gasteiger partial charge in [-0.15, -0.1) is 0 Å². The quantitative estimate of drug-likeness (QED) is 0.903. The van der Waals surface area contributed by atoms with E-state index in [1.165, 1.54) is 4.90 Å². The minimum Gasteiger partial charge on any atom is -0.396 e. The second-order valence-corrected chi connectivity index (χ2v) is 5.60. The van der Waals surface area contributed by atoms with E-state index in [0.29, 0.717) is 13.1 Å². The average molecular weight is 334 g/mol. The number of aliphatic hydroxyl groups excluding tert-OH is 1. The van der Waals surface area contributed by atoms with Crippen LogP contribution < -0.4 is 0 Å². The molecule has 1 N–H and O–H groups in total. The van der Waals surface area contributed by atoms with E-state index >= 15 is 0 Å². The molecule has 0 saturated carbocycles. The van der Waals surface area contributed by atoms with Crippen LogP contribution in [-0.4, -0.2) is 35.6 Å². The van der Waals surface area contributed by atoms with Crippen LogP contribution in [0.5, 0.6) is 0 Å². The Kier molecular flexibility index (Phi) is 4.52. The minimum absolute atomic E-state index is 0.0146. The van der Waals surface area contributed by atoms with Crippen molar-refractivity contribution in [3.8, 4) is 0 Å². The molecular formula is C13H14BrF2NO2. The van der Waals surface area contributed by atoms with Gasteiger partial charge in [0.1, 0.15) is 17.2 Å². The lowest BCUT2D eigenvalue weighted by Crippen LogP contribution is -2.41. The van der Waals surface area contributed by atoms with Gasteiger partial charge in [-0.25, -0.2) is 8.78 Å². The maximum atomic E-state index is 13.7. The molecule has 3 nitrogen and oxygen atoms in total. The van der Waals surface area contributed by atoms with Crippen molar-refractivity contribution in [2.75, 3.05) is 19.7 Å². The van der Waals surface area contributed by atoms with Crippen LogP contribution >= 0.6 is 15.9 Å². The lowest BCUT2D eigenvalue weighted by molar-refractivity contribution is 0.0611. The summed E-state index contributed by atoms with van der Waals surface area (Å²) in [6.07, 6.45) is 1.56. The topological polar surface area (TPSA) is 40.5 Å². The molecule has 1 saturated heterocycles. The van der Waals surface area contributed by atoms with E-state index in [9.17, 15) is 13.6 Å². The molecule has 1 amide bonds. The van der Waals surface area contributed by atoms with Gasteiger partial charge in [-0.05, 0) is 30.9 Å². The summed E-state index contributed by atoms with van der Waals surface area (Å²) in [5, 5.41) is 9.11. The first kappa shape index (κ1) is 14.4. The highest BCUT2D eigenvalue weighted by Crippen LogP contribution is 2.23. The van der Waals surface area contributed by atoms with E-state index in [4.69, 9.17) is 5.11 Å². The highest BCUT2D eigenvalue weighted by molar-refractivity contribution is 9.10. The number of amides is 1. The van der Waals surface area contributed by atoms with E-state index in [-0.39, 0.29) is 17.0 Å². The van der Waals surface area contributed by atoms with Crippen molar-refractivity contribution in [1.29, 1.82) is 0 Å². The standard InChI is InChI=1S/C13H14BrF2NO2/c14-9-4-10(15)12(11(16)5-9)13(19)17-3-1-2-8(6-17)7-18/h4-5,8,18H,1-3,6-7H2. The fourth-order valence-corrected chi connectivity index (χ4v) is 2.71. The predicted octanol–water partition coefficient (Wildman–Crippen LogP) is 2.57. The molecule has 1 unspecified atom stereocenters. The first-order valence-electron chi connectivity index (χ1n) is 6.07. The summed E-state index contributed by atoms with van der Waals surface area (Å²) in [6, 6.07) is 2.15. The Morgan fingerprint density at radius 2 is 2.05 bits per heavy atom. The molecule has 19 heavy (non-hydrogen) atoms. The maximum Gasteiger partial charge on any atom is 0.259 e. The zero-order valence-electron chi connectivity index (χ0n) is 10.2. The number of piperidine rings is 1. The van der Waals surface area contributed by atoms with Gasteiger partial charge in [-0.2, -0.15) is 0 Å². The number of nitrogens with zero attached hydrogens (tertiary/aromatic N) is 1. The summed E-state index contributed by atoms with van der Waals surface area (Å²) in [6.45, 7) is 0.781. The third-order valence-electron chi connectivity index (χ3n) is 3.29. The summed E-state index contributed by atoms with van der Waals surface area (Å²) in [4.78, 5) is 13.6. The molecular weight excluding hydrogens is 320 g/mol. The Morgan fingerprint density at radius 3 is 2.63 bits per heavy atom. The van der Waals surface area contributed by atoms with Gasteiger partial charge in [0.15, 0.2) is 0 Å². The molecule has 1 aromatic rings. The Morgan fingerprint density at radius 1 is 1.42 bits per heavy atom. The Hall–Kier alpha value is -1.01. The second-order valence-electron chi connectivity index (χ2n) is 4.69. The molecule has 0 aromatic heterocycles. The summed E-state index contributed by atoms with van der Waals surface area (Å²) in [5.74, 6) is -2.41. The van der Waals surface area contributed by atoms with Crippen molar-refractivity contribution < 1.29 is 18.7 Å². The number of hydrogen-bond acceptors (Lipinski definition) is 2. The Bertz CT molecular complexity index is 473. The molecule has 1 atom stereocenters. The molecule has 1 aliphatic rings. The lowest BCUT2D eigenvalue weighted by Gasteiger charge is -2.32. The van der Waals surface area contributed by atoms with Crippen molar-refractivity contribution in [3.63, 3.8) is 0 Å². The molecule has 0 bridgehead atoms. The van der Waals surface area contributed by atoms with Crippen LogP contribution in [0.2, 0.25) is 0 Å². The van der Waals surface area contributed by atoms with E-state index in [2.05, 4.69) is 15.9 Å². The minimum atomic E-state index is -0.872. The number of halogens is 3. The number of carbonyl (C=O) groups is 1. The summed E-state index contributed by atoms with van der Waals surface area (Å²) < 4.78 is 27.7. The van der Waals surface area contributed by atoms with Crippen LogP contribution in [0.25, 0.3) is 0 Å². The van der Waals surface area contributed by atoms with Crippen LogP contribution in [0.1, 0.15) is 23.2 Å². The Balaban J connectivity index is 2.24. The van der Waals surface area contributed by atoms with Crippen LogP contribution in [0, 0.1) is 17.6 Å². The van der Waals surface area contributed by atoms with Gasteiger partial charge in [0.2, 0.25) is 0 Å². The van der Waals surface area contributed by atoms with Gasteiger partial charge in [0.05, 0.1) is 0 Å². The van der Waals surface area contributed by atoms with Gasteiger partial charge >= 0.3 is 0 Å². The number of aliphatic hydroxyl groups is 1. The van der Waals surface area contributed by atoms with Gasteiger partial charge in [-0.3, -0.25) is 4.79 Å². The van der Waals surface area contributed by atoms with Crippen molar-refractivity contribution in [2.45, 2.75) is 12.8 Å². The van der Waals surface area contributed by atoms with E-state index < -0.39 is 23.1 Å². The number of hydrogen-bond donors (Lipinski definition) is 1. The smallest absolute Gasteiger partial charge is 0.259 e. The zero-order valence-corrected chi connectivity index (χ0v) is 11.8. The molecule has 0 spiro atoms. The van der Waals surface area contributed by atoms with Crippen LogP contribution in [0.4, 0.5) is 8.78 Å². The molecule has 2 rings (SSSR count). The summed E-state index contributed by atoms with van der Waals surface area (Å²) in [7, 11) is 0. The van der Waals surface area contributed by atoms with Gasteiger partial charge in [-0.1, -0.05) is 15.9 Å². The fraction of sp³-hybridized carbons (Fsp3) is 0.462. The number of rotatable bonds is 2. The van der Waals surface area contributed by atoms with Gasteiger partial charge in [0.25, 0.3) is 5.91 Å². The largest absolute Gasteiger partial charge is 0.396 e. The predicted molar refractivity (Wildman–Crippen MR) is 69.8 cm³/mol. The fourth-order valence-electron chi connectivity index (χ4n) is 2.30. The van der Waals surface area contributed by atoms with Gasteiger partial charge < -0.3 is 10.0 Å². The molecule has 1 heterocycles. The van der Waals surface area contributed by atoms with Gasteiger partial charge in [0, 0.05) is 24.2 Å². The zero-order chi connectivity index (χ0) is 14.0. The van der Waals surface area contributed by atoms with Crippen molar-refractivity contribution >= 4 is 21.8 Å². The molecule has 1 fully saturated rings. The number of likely N-dealkylation sites (tertiary alicyclic amines) is 1. The maximum absolute atomic E-state index is 13.7. The number of benzene rings is 1. The first-order chi connectivity index (χ1) is 9.02. The highest BCUT2D eigenvalue weighted by Gasteiger charge is 2.28. The second kappa shape index (κ2) is 5.96. The van der Waals surface area contributed by atoms with Crippen LogP contribution in [0.3, 0.4) is 0 Å². The molecule has 1 aliphatic heterocycles. The van der Waals surface area contributed by atoms with Crippen LogP contribution in [-0.2, 0) is 0 Å². The molecule has 6 heteroatoms. The van der Waals surface area contributed by atoms with E-state index in [1.807, 2.05) is 0 Å². The molecule has 0 aliphatic carbocycles. The SMILES string of the molecule is O=C(c1c(F)cc(Br)cc1F)N1CCCC(CO)C1. The normalized spacial score (nSPS) is 19.6. The summed E-state index contributed by atoms with van der Waals surface area (Å²) in [5.41, 5.74) is -0.526. The van der Waals surface area contributed by atoms with E-state index in [0.717, 1.165) is 25.0 Å². The Labute approximate surface area is 118 Å². The summed E-state index contributed by atoms with van der Waals surface area (Å²) >= 11 is 2.98. The molecule has 104 valence electrons. The third-order valence-corrected chi connectivity index (χ3v) is 3.74. The third kappa shape index (κ3) is 3.12. The van der Waals surface area contributed by atoms with Crippen molar-refractivity contribution in [2.24, 2.45) is 5.92 Å². The van der Waals surface area contributed by atoms with Crippen LogP contribution in [0.15, 0.2) is 16.6 Å². The monoisotopic (exact) mass is 333 g/mol. The molecule has 1 aromatic carbocycles.